The van der Waals surface area contributed by atoms with Gasteiger partial charge in [-0.1, -0.05) is 41.0 Å². The molecule has 1 aliphatic carbocycles. The first-order valence-electron chi connectivity index (χ1n) is 8.31. The number of aromatic nitrogens is 4. The van der Waals surface area contributed by atoms with Crippen molar-refractivity contribution in [1.29, 1.82) is 0 Å². The largest absolute Gasteiger partial charge is 0.469 e. The summed E-state index contributed by atoms with van der Waals surface area (Å²) in [4.78, 5) is 11.6. The first-order chi connectivity index (χ1) is 12.5. The summed E-state index contributed by atoms with van der Waals surface area (Å²) in [6, 6.07) is 7.57. The first-order valence-corrected chi connectivity index (χ1v) is 8.69. The maximum absolute atomic E-state index is 13.4. The van der Waals surface area contributed by atoms with Crippen LogP contribution in [0.3, 0.4) is 0 Å². The van der Waals surface area contributed by atoms with Crippen LogP contribution >= 0.6 is 11.6 Å². The second-order valence-electron chi connectivity index (χ2n) is 6.31. The average molecular weight is 375 g/mol. The third-order valence-electron chi connectivity index (χ3n) is 4.25. The lowest BCUT2D eigenvalue weighted by Crippen LogP contribution is -2.07. The van der Waals surface area contributed by atoms with Gasteiger partial charge in [0.1, 0.15) is 11.1 Å². The Bertz CT molecular complexity index is 941. The van der Waals surface area contributed by atoms with Gasteiger partial charge in [-0.25, -0.2) is 4.98 Å². The Balaban J connectivity index is 1.50. The summed E-state index contributed by atoms with van der Waals surface area (Å²) < 4.78 is 24.4. The van der Waals surface area contributed by atoms with Crippen LogP contribution in [0.1, 0.15) is 48.9 Å². The Kier molecular flexibility index (Phi) is 4.32. The van der Waals surface area contributed by atoms with Crippen molar-refractivity contribution in [2.45, 2.75) is 38.7 Å². The lowest BCUT2D eigenvalue weighted by Gasteiger charge is -2.15. The second-order valence-corrected chi connectivity index (χ2v) is 6.69. The molecular formula is C18H16ClFN4O2. The van der Waals surface area contributed by atoms with Gasteiger partial charge in [-0.2, -0.15) is 14.4 Å². The van der Waals surface area contributed by atoms with Gasteiger partial charge in [-0.3, -0.25) is 0 Å². The number of hydrogen-bond acceptors (Lipinski definition) is 6. The Labute approximate surface area is 154 Å². The summed E-state index contributed by atoms with van der Waals surface area (Å²) in [5.74, 6) is 1.73. The summed E-state index contributed by atoms with van der Waals surface area (Å²) in [7, 11) is 0. The highest BCUT2D eigenvalue weighted by Gasteiger charge is 2.29. The van der Waals surface area contributed by atoms with Crippen LogP contribution in [-0.2, 0) is 0 Å². The third-order valence-corrected chi connectivity index (χ3v) is 4.69. The number of halogens is 2. The summed E-state index contributed by atoms with van der Waals surface area (Å²) in [6.07, 6.45) is 0.984. The van der Waals surface area contributed by atoms with Gasteiger partial charge in [0.2, 0.25) is 17.6 Å². The van der Waals surface area contributed by atoms with Crippen molar-refractivity contribution in [3.05, 3.63) is 52.5 Å². The molecule has 1 unspecified atom stereocenters. The molecule has 2 heterocycles. The molecule has 0 bridgehead atoms. The van der Waals surface area contributed by atoms with Gasteiger partial charge in [-0.05, 0) is 32.3 Å². The van der Waals surface area contributed by atoms with Crippen molar-refractivity contribution in [3.8, 4) is 17.3 Å². The predicted octanol–water partition coefficient (Wildman–Crippen LogP) is 4.64. The minimum absolute atomic E-state index is 0.0282. The van der Waals surface area contributed by atoms with Crippen LogP contribution in [0.5, 0.6) is 5.88 Å². The Morgan fingerprint density at radius 3 is 2.62 bits per heavy atom. The van der Waals surface area contributed by atoms with Crippen LogP contribution in [0, 0.1) is 13.0 Å². The topological polar surface area (TPSA) is 73.9 Å². The van der Waals surface area contributed by atoms with Crippen LogP contribution in [0.2, 0.25) is 5.02 Å². The number of ether oxygens (including phenoxy) is 1. The molecule has 1 aliphatic rings. The summed E-state index contributed by atoms with van der Waals surface area (Å²) in [5, 5.41) is 4.23. The molecule has 0 spiro atoms. The maximum atomic E-state index is 13.4. The smallest absolute Gasteiger partial charge is 0.312 e. The van der Waals surface area contributed by atoms with Gasteiger partial charge < -0.3 is 9.26 Å². The molecule has 26 heavy (non-hydrogen) atoms. The molecule has 1 fully saturated rings. The molecule has 0 amide bonds. The maximum Gasteiger partial charge on any atom is 0.312 e. The molecule has 1 saturated carbocycles. The molecule has 0 radical (unpaired) electrons. The molecule has 0 saturated heterocycles. The van der Waals surface area contributed by atoms with E-state index < -0.39 is 6.08 Å². The zero-order chi connectivity index (χ0) is 18.3. The zero-order valence-corrected chi connectivity index (χ0v) is 15.0. The summed E-state index contributed by atoms with van der Waals surface area (Å²) in [5.41, 5.74) is 2.08. The van der Waals surface area contributed by atoms with E-state index in [1.54, 1.807) is 6.92 Å². The van der Waals surface area contributed by atoms with E-state index in [9.17, 15) is 4.39 Å². The standard InChI is InChI=1S/C18H16ClFN4O2/c1-9-14(19)17(23-18(20)21-9)25-10(2)11-3-5-12(6-4-11)15-22-16(26-24-15)13-7-8-13/h3-6,10,13H,7-8H2,1-2H3. The summed E-state index contributed by atoms with van der Waals surface area (Å²) >= 11 is 6.09. The van der Waals surface area contributed by atoms with E-state index in [0.717, 1.165) is 24.0 Å². The molecule has 3 aromatic rings. The minimum Gasteiger partial charge on any atom is -0.469 e. The van der Waals surface area contributed by atoms with E-state index in [1.807, 2.05) is 31.2 Å². The number of benzene rings is 1. The molecule has 8 heteroatoms. The number of nitrogens with zero attached hydrogens (tertiary/aromatic N) is 4. The fraction of sp³-hybridized carbons (Fsp3) is 0.333. The molecule has 1 aromatic carbocycles. The molecule has 0 N–H and O–H groups in total. The Morgan fingerprint density at radius 2 is 1.92 bits per heavy atom. The number of aryl methyl sites for hydroxylation is 1. The van der Waals surface area contributed by atoms with Gasteiger partial charge in [0.05, 0.1) is 5.69 Å². The number of hydrogen-bond donors (Lipinski definition) is 0. The molecule has 4 rings (SSSR count). The van der Waals surface area contributed by atoms with Crippen LogP contribution < -0.4 is 4.74 Å². The van der Waals surface area contributed by atoms with Gasteiger partial charge in [0.25, 0.3) is 0 Å². The van der Waals surface area contributed by atoms with Gasteiger partial charge in [-0.15, -0.1) is 0 Å². The van der Waals surface area contributed by atoms with Gasteiger partial charge >= 0.3 is 6.08 Å². The monoisotopic (exact) mass is 374 g/mol. The fourth-order valence-electron chi connectivity index (χ4n) is 2.57. The Hall–Kier alpha value is -2.54. The molecule has 6 nitrogen and oxygen atoms in total. The van der Waals surface area contributed by atoms with E-state index in [0.29, 0.717) is 23.3 Å². The van der Waals surface area contributed by atoms with Crippen molar-refractivity contribution in [2.24, 2.45) is 0 Å². The van der Waals surface area contributed by atoms with Crippen molar-refractivity contribution >= 4 is 11.6 Å². The average Bonchev–Trinajstić information content (AvgIpc) is 3.36. The molecular weight excluding hydrogens is 359 g/mol. The van der Waals surface area contributed by atoms with Gasteiger partial charge in [0, 0.05) is 11.5 Å². The molecule has 1 atom stereocenters. The van der Waals surface area contributed by atoms with E-state index in [1.165, 1.54) is 0 Å². The van der Waals surface area contributed by atoms with Gasteiger partial charge in [0.15, 0.2) is 0 Å². The van der Waals surface area contributed by atoms with Crippen molar-refractivity contribution in [2.75, 3.05) is 0 Å². The molecule has 2 aromatic heterocycles. The van der Waals surface area contributed by atoms with Crippen molar-refractivity contribution in [1.82, 2.24) is 20.1 Å². The third kappa shape index (κ3) is 3.39. The second kappa shape index (κ2) is 6.64. The van der Waals surface area contributed by atoms with E-state index in [2.05, 4.69) is 20.1 Å². The van der Waals surface area contributed by atoms with Crippen LogP contribution in [-0.4, -0.2) is 20.1 Å². The quantitative estimate of drug-likeness (QED) is 0.605. The minimum atomic E-state index is -0.868. The molecule has 134 valence electrons. The van der Waals surface area contributed by atoms with Crippen LogP contribution in [0.15, 0.2) is 28.8 Å². The van der Waals surface area contributed by atoms with E-state index >= 15 is 0 Å². The zero-order valence-electron chi connectivity index (χ0n) is 14.2. The molecule has 0 aliphatic heterocycles. The van der Waals surface area contributed by atoms with Crippen LogP contribution in [0.4, 0.5) is 4.39 Å². The highest BCUT2D eigenvalue weighted by molar-refractivity contribution is 6.32. The predicted molar refractivity (Wildman–Crippen MR) is 92.5 cm³/mol. The highest BCUT2D eigenvalue weighted by Crippen LogP contribution is 2.39. The lowest BCUT2D eigenvalue weighted by atomic mass is 10.1. The lowest BCUT2D eigenvalue weighted by molar-refractivity contribution is 0.213. The number of rotatable bonds is 5. The Morgan fingerprint density at radius 1 is 1.19 bits per heavy atom. The normalized spacial score (nSPS) is 15.1. The van der Waals surface area contributed by atoms with Crippen molar-refractivity contribution < 1.29 is 13.7 Å². The van der Waals surface area contributed by atoms with Crippen molar-refractivity contribution in [3.63, 3.8) is 0 Å². The van der Waals surface area contributed by atoms with E-state index in [4.69, 9.17) is 20.9 Å². The first kappa shape index (κ1) is 16.9. The summed E-state index contributed by atoms with van der Waals surface area (Å²) in [6.45, 7) is 3.43. The highest BCUT2D eigenvalue weighted by atomic mass is 35.5. The fourth-order valence-corrected chi connectivity index (χ4v) is 2.69. The SMILES string of the molecule is Cc1nc(F)nc(OC(C)c2ccc(-c3noc(C4CC4)n3)cc2)c1Cl. The van der Waals surface area contributed by atoms with Crippen LogP contribution in [0.25, 0.3) is 11.4 Å². The van der Waals surface area contributed by atoms with E-state index in [-0.39, 0.29) is 17.0 Å².